The lowest BCUT2D eigenvalue weighted by Crippen LogP contribution is -2.30. The average Bonchev–Trinajstić information content (AvgIpc) is 2.79. The number of hydrogen-bond acceptors (Lipinski definition) is 8. The van der Waals surface area contributed by atoms with E-state index in [-0.39, 0.29) is 34.4 Å². The Kier molecular flexibility index (Phi) is 7.59. The van der Waals surface area contributed by atoms with Crippen LogP contribution in [0.2, 0.25) is 0 Å². The minimum atomic E-state index is -4.54. The second-order valence-corrected chi connectivity index (χ2v) is 8.39. The number of halogens is 3. The van der Waals surface area contributed by atoms with Crippen LogP contribution < -0.4 is 14.2 Å². The summed E-state index contributed by atoms with van der Waals surface area (Å²) < 4.78 is 80.1. The Morgan fingerprint density at radius 1 is 1.00 bits per heavy atom. The van der Waals surface area contributed by atoms with Crippen molar-refractivity contribution in [2.45, 2.75) is 18.0 Å². The topological polar surface area (TPSA) is 121 Å². The van der Waals surface area contributed by atoms with Crippen molar-refractivity contribution >= 4 is 22.1 Å². The molecule has 0 saturated carbocycles. The fourth-order valence-electron chi connectivity index (χ4n) is 2.61. The van der Waals surface area contributed by atoms with Crippen LogP contribution in [0.1, 0.15) is 22.8 Å². The molecule has 0 spiro atoms. The molecule has 3 rings (SSSR count). The van der Waals surface area contributed by atoms with Crippen molar-refractivity contribution in [2.75, 3.05) is 6.61 Å². The summed E-state index contributed by atoms with van der Waals surface area (Å²) in [5.41, 5.74) is -1.03. The number of nitrogens with one attached hydrogen (secondary N) is 1. The van der Waals surface area contributed by atoms with Crippen LogP contribution in [-0.2, 0) is 20.9 Å². The molecule has 1 heterocycles. The lowest BCUT2D eigenvalue weighted by atomic mass is 10.2. The number of aromatic nitrogens is 1. The van der Waals surface area contributed by atoms with Gasteiger partial charge in [0.1, 0.15) is 11.5 Å². The van der Waals surface area contributed by atoms with Crippen LogP contribution in [0.5, 0.6) is 17.4 Å². The third kappa shape index (κ3) is 6.93. The van der Waals surface area contributed by atoms with Gasteiger partial charge in [-0.15, -0.1) is 0 Å². The summed E-state index contributed by atoms with van der Waals surface area (Å²) in [6, 6.07) is 11.2. The number of carbonyl (C=O) groups excluding carboxylic acids is 2. The predicted molar refractivity (Wildman–Crippen MR) is 114 cm³/mol. The number of rotatable bonds is 7. The smallest absolute Gasteiger partial charge is 0.457 e. The van der Waals surface area contributed by atoms with E-state index in [1.165, 1.54) is 36.4 Å². The third-order valence-electron chi connectivity index (χ3n) is 4.21. The lowest BCUT2D eigenvalue weighted by Gasteiger charge is -2.11. The maximum absolute atomic E-state index is 12.8. The van der Waals surface area contributed by atoms with Crippen LogP contribution in [0.25, 0.3) is 0 Å². The van der Waals surface area contributed by atoms with Gasteiger partial charge in [-0.05, 0) is 55.5 Å². The number of carbonyl (C=O) groups is 2. The molecule has 9 nitrogen and oxygen atoms in total. The molecule has 1 aromatic heterocycles. The van der Waals surface area contributed by atoms with E-state index in [4.69, 9.17) is 9.47 Å². The Morgan fingerprint density at radius 3 is 2.31 bits per heavy atom. The molecule has 0 fully saturated rings. The van der Waals surface area contributed by atoms with Crippen molar-refractivity contribution < 1.29 is 45.4 Å². The number of amides is 1. The highest BCUT2D eigenvalue weighted by atomic mass is 32.2. The van der Waals surface area contributed by atoms with E-state index in [1.54, 1.807) is 6.92 Å². The summed E-state index contributed by atoms with van der Waals surface area (Å²) in [4.78, 5) is 27.0. The number of ether oxygens (including phenoxy) is 3. The first kappa shape index (κ1) is 25.5. The van der Waals surface area contributed by atoms with E-state index < -0.39 is 33.8 Å². The first-order chi connectivity index (χ1) is 16.5. The van der Waals surface area contributed by atoms with Gasteiger partial charge in [-0.2, -0.15) is 13.2 Å². The molecule has 184 valence electrons. The van der Waals surface area contributed by atoms with E-state index in [0.29, 0.717) is 0 Å². The number of benzene rings is 2. The minimum absolute atomic E-state index is 0.0796. The SMILES string of the molecule is CCOC(=O)Oc1ccc(C(=O)NS(=O)(=O)c2ccc(Oc3cccc(C(F)(F)F)c3)cc2)cn1. The third-order valence-corrected chi connectivity index (χ3v) is 5.55. The molecule has 0 aliphatic carbocycles. The Labute approximate surface area is 197 Å². The van der Waals surface area contributed by atoms with Gasteiger partial charge in [0, 0.05) is 12.3 Å². The van der Waals surface area contributed by atoms with Crippen molar-refractivity contribution in [3.63, 3.8) is 0 Å². The predicted octanol–water partition coefficient (Wildman–Crippen LogP) is 4.55. The van der Waals surface area contributed by atoms with E-state index in [1.807, 2.05) is 4.72 Å². The number of hydrogen-bond donors (Lipinski definition) is 1. The maximum Gasteiger partial charge on any atom is 0.515 e. The van der Waals surface area contributed by atoms with Gasteiger partial charge >= 0.3 is 12.3 Å². The second-order valence-electron chi connectivity index (χ2n) is 6.70. The van der Waals surface area contributed by atoms with Gasteiger partial charge in [0.25, 0.3) is 15.9 Å². The summed E-state index contributed by atoms with van der Waals surface area (Å²) in [5, 5.41) is 0. The molecule has 0 atom stereocenters. The van der Waals surface area contributed by atoms with E-state index in [0.717, 1.165) is 30.5 Å². The highest BCUT2D eigenvalue weighted by Gasteiger charge is 2.30. The van der Waals surface area contributed by atoms with Gasteiger partial charge in [0.2, 0.25) is 5.88 Å². The van der Waals surface area contributed by atoms with Gasteiger partial charge in [0.15, 0.2) is 0 Å². The fourth-order valence-corrected chi connectivity index (χ4v) is 3.58. The van der Waals surface area contributed by atoms with Crippen molar-refractivity contribution in [1.29, 1.82) is 0 Å². The Balaban J connectivity index is 1.66. The van der Waals surface area contributed by atoms with Crippen molar-refractivity contribution in [3.8, 4) is 17.4 Å². The molecule has 2 aromatic carbocycles. The van der Waals surface area contributed by atoms with Crippen molar-refractivity contribution in [2.24, 2.45) is 0 Å². The van der Waals surface area contributed by atoms with Crippen LogP contribution in [0, 0.1) is 0 Å². The molecule has 0 bridgehead atoms. The van der Waals surface area contributed by atoms with Gasteiger partial charge in [-0.3, -0.25) is 4.79 Å². The van der Waals surface area contributed by atoms with Gasteiger partial charge in [-0.1, -0.05) is 6.07 Å². The zero-order chi connectivity index (χ0) is 25.6. The summed E-state index contributed by atoms with van der Waals surface area (Å²) in [6.45, 7) is 1.68. The van der Waals surface area contributed by atoms with Crippen LogP contribution in [0.4, 0.5) is 18.0 Å². The first-order valence-electron chi connectivity index (χ1n) is 9.81. The zero-order valence-electron chi connectivity index (χ0n) is 17.9. The molecule has 1 N–H and O–H groups in total. The molecule has 0 saturated heterocycles. The number of sulfonamides is 1. The normalized spacial score (nSPS) is 11.4. The minimum Gasteiger partial charge on any atom is -0.457 e. The lowest BCUT2D eigenvalue weighted by molar-refractivity contribution is -0.137. The quantitative estimate of drug-likeness (QED) is 0.460. The highest BCUT2D eigenvalue weighted by Crippen LogP contribution is 2.32. The molecule has 0 unspecified atom stereocenters. The van der Waals surface area contributed by atoms with Crippen LogP contribution in [0.15, 0.2) is 71.8 Å². The molecule has 0 radical (unpaired) electrons. The van der Waals surface area contributed by atoms with E-state index >= 15 is 0 Å². The van der Waals surface area contributed by atoms with Crippen molar-refractivity contribution in [1.82, 2.24) is 9.71 Å². The van der Waals surface area contributed by atoms with Crippen LogP contribution >= 0.6 is 0 Å². The van der Waals surface area contributed by atoms with Gasteiger partial charge in [-0.25, -0.2) is 22.9 Å². The monoisotopic (exact) mass is 510 g/mol. The number of alkyl halides is 3. The molecule has 0 aliphatic heterocycles. The second kappa shape index (κ2) is 10.4. The summed E-state index contributed by atoms with van der Waals surface area (Å²) in [6.07, 6.45) is -4.52. The number of pyridine rings is 1. The van der Waals surface area contributed by atoms with E-state index in [9.17, 15) is 31.2 Å². The standard InChI is InChI=1S/C22H17F3N2O7S/c1-2-32-21(29)34-19-11-6-14(13-26-19)20(28)27-35(30,31)18-9-7-16(8-10-18)33-17-5-3-4-15(12-17)22(23,24)25/h3-13H,2H2,1H3,(H,27,28). The number of nitrogens with zero attached hydrogens (tertiary/aromatic N) is 1. The Hall–Kier alpha value is -4.13. The summed E-state index contributed by atoms with van der Waals surface area (Å²) in [7, 11) is -4.30. The highest BCUT2D eigenvalue weighted by molar-refractivity contribution is 7.90. The van der Waals surface area contributed by atoms with Crippen LogP contribution in [-0.4, -0.2) is 32.1 Å². The van der Waals surface area contributed by atoms with Gasteiger partial charge < -0.3 is 14.2 Å². The molecular formula is C22H17F3N2O7S. The molecule has 1 amide bonds. The van der Waals surface area contributed by atoms with Gasteiger partial charge in [0.05, 0.1) is 22.6 Å². The molecular weight excluding hydrogens is 493 g/mol. The summed E-state index contributed by atoms with van der Waals surface area (Å²) >= 11 is 0. The largest absolute Gasteiger partial charge is 0.515 e. The molecule has 13 heteroatoms. The van der Waals surface area contributed by atoms with E-state index in [2.05, 4.69) is 9.72 Å². The molecule has 3 aromatic rings. The zero-order valence-corrected chi connectivity index (χ0v) is 18.7. The Bertz CT molecular complexity index is 1310. The molecule has 0 aliphatic rings. The first-order valence-corrected chi connectivity index (χ1v) is 11.3. The molecule has 35 heavy (non-hydrogen) atoms. The summed E-state index contributed by atoms with van der Waals surface area (Å²) in [5.74, 6) is -1.16. The fraction of sp³-hybridized carbons (Fsp3) is 0.136. The maximum atomic E-state index is 12.8. The van der Waals surface area contributed by atoms with Crippen LogP contribution in [0.3, 0.4) is 0 Å². The Morgan fingerprint density at radius 2 is 1.71 bits per heavy atom. The average molecular weight is 510 g/mol. The van der Waals surface area contributed by atoms with Crippen molar-refractivity contribution in [3.05, 3.63) is 78.0 Å².